The first-order chi connectivity index (χ1) is 6.07. The van der Waals surface area contributed by atoms with E-state index in [1.807, 2.05) is 0 Å². The summed E-state index contributed by atoms with van der Waals surface area (Å²) in [7, 11) is 0. The SMILES string of the molecule is Nc1c(O)cnc(C(F)F)c1CCl. The third kappa shape index (κ3) is 1.80. The van der Waals surface area contributed by atoms with E-state index in [0.29, 0.717) is 0 Å². The van der Waals surface area contributed by atoms with Gasteiger partial charge in [-0.25, -0.2) is 8.78 Å². The zero-order chi connectivity index (χ0) is 10.0. The number of halogens is 3. The summed E-state index contributed by atoms with van der Waals surface area (Å²) in [6, 6.07) is 0. The molecular formula is C7H7ClF2N2O. The van der Waals surface area contributed by atoms with Crippen LogP contribution in [0.25, 0.3) is 0 Å². The minimum atomic E-state index is -2.74. The Morgan fingerprint density at radius 3 is 2.69 bits per heavy atom. The number of nitrogens with two attached hydrogens (primary N) is 1. The third-order valence-electron chi connectivity index (χ3n) is 1.58. The lowest BCUT2D eigenvalue weighted by Gasteiger charge is -2.08. The Hall–Kier alpha value is -1.10. The number of aromatic nitrogens is 1. The molecule has 3 nitrogen and oxygen atoms in total. The topological polar surface area (TPSA) is 59.1 Å². The van der Waals surface area contributed by atoms with Gasteiger partial charge in [0.15, 0.2) is 5.75 Å². The lowest BCUT2D eigenvalue weighted by molar-refractivity contribution is 0.145. The van der Waals surface area contributed by atoms with Crippen LogP contribution in [0.3, 0.4) is 0 Å². The van der Waals surface area contributed by atoms with Crippen LogP contribution in [-0.2, 0) is 5.88 Å². The van der Waals surface area contributed by atoms with Crippen molar-refractivity contribution in [2.45, 2.75) is 12.3 Å². The van der Waals surface area contributed by atoms with E-state index in [-0.39, 0.29) is 22.9 Å². The first-order valence-electron chi connectivity index (χ1n) is 3.38. The highest BCUT2D eigenvalue weighted by Gasteiger charge is 2.18. The van der Waals surface area contributed by atoms with Crippen LogP contribution in [0.5, 0.6) is 5.75 Å². The van der Waals surface area contributed by atoms with E-state index in [2.05, 4.69) is 4.98 Å². The zero-order valence-electron chi connectivity index (χ0n) is 6.47. The molecule has 1 rings (SSSR count). The Labute approximate surface area is 78.1 Å². The molecule has 0 saturated heterocycles. The van der Waals surface area contributed by atoms with Gasteiger partial charge in [-0.15, -0.1) is 11.6 Å². The van der Waals surface area contributed by atoms with E-state index in [9.17, 15) is 8.78 Å². The standard InChI is InChI=1S/C7H7ClF2N2O/c8-1-3-5(11)4(13)2-12-6(3)7(9)10/h2,7,13H,1H2,(H2,11,12). The fourth-order valence-corrected chi connectivity index (χ4v) is 1.18. The van der Waals surface area contributed by atoms with Crippen LogP contribution in [0.2, 0.25) is 0 Å². The van der Waals surface area contributed by atoms with Crippen molar-refractivity contribution in [3.63, 3.8) is 0 Å². The van der Waals surface area contributed by atoms with Gasteiger partial charge in [-0.1, -0.05) is 0 Å². The highest BCUT2D eigenvalue weighted by atomic mass is 35.5. The lowest BCUT2D eigenvalue weighted by Crippen LogP contribution is -2.02. The normalized spacial score (nSPS) is 10.8. The van der Waals surface area contributed by atoms with Gasteiger partial charge in [-0.05, 0) is 0 Å². The number of aromatic hydroxyl groups is 1. The fourth-order valence-electron chi connectivity index (χ4n) is 0.899. The Morgan fingerprint density at radius 1 is 1.62 bits per heavy atom. The predicted octanol–water partition coefficient (Wildman–Crippen LogP) is 2.05. The molecule has 72 valence electrons. The maximum absolute atomic E-state index is 12.3. The van der Waals surface area contributed by atoms with Crippen molar-refractivity contribution in [1.29, 1.82) is 0 Å². The Kier molecular flexibility index (Phi) is 2.87. The molecule has 1 aromatic rings. The molecule has 0 spiro atoms. The van der Waals surface area contributed by atoms with Gasteiger partial charge in [0.2, 0.25) is 0 Å². The van der Waals surface area contributed by atoms with Gasteiger partial charge in [0, 0.05) is 5.56 Å². The second kappa shape index (κ2) is 3.74. The van der Waals surface area contributed by atoms with Crippen LogP contribution in [0, 0.1) is 0 Å². The second-order valence-electron chi connectivity index (χ2n) is 2.36. The smallest absolute Gasteiger partial charge is 0.280 e. The van der Waals surface area contributed by atoms with Crippen molar-refractivity contribution in [2.75, 3.05) is 5.73 Å². The van der Waals surface area contributed by atoms with Gasteiger partial charge in [0.1, 0.15) is 5.69 Å². The Morgan fingerprint density at radius 2 is 2.23 bits per heavy atom. The van der Waals surface area contributed by atoms with Crippen LogP contribution in [0.4, 0.5) is 14.5 Å². The maximum Gasteiger partial charge on any atom is 0.280 e. The molecule has 3 N–H and O–H groups in total. The summed E-state index contributed by atoms with van der Waals surface area (Å²) < 4.78 is 24.5. The summed E-state index contributed by atoms with van der Waals surface area (Å²) in [4.78, 5) is 3.34. The molecule has 6 heteroatoms. The fraction of sp³-hybridized carbons (Fsp3) is 0.286. The third-order valence-corrected chi connectivity index (χ3v) is 1.84. The van der Waals surface area contributed by atoms with E-state index in [0.717, 1.165) is 6.20 Å². The van der Waals surface area contributed by atoms with Crippen molar-refractivity contribution in [1.82, 2.24) is 4.98 Å². The molecule has 1 heterocycles. The molecule has 0 aromatic carbocycles. The second-order valence-corrected chi connectivity index (χ2v) is 2.62. The summed E-state index contributed by atoms with van der Waals surface area (Å²) in [5.41, 5.74) is 4.69. The number of rotatable bonds is 2. The first kappa shape index (κ1) is 9.98. The van der Waals surface area contributed by atoms with Gasteiger partial charge in [-0.3, -0.25) is 4.98 Å². The number of pyridine rings is 1. The number of anilines is 1. The molecule has 0 atom stereocenters. The van der Waals surface area contributed by atoms with Crippen molar-refractivity contribution in [3.05, 3.63) is 17.5 Å². The lowest BCUT2D eigenvalue weighted by atomic mass is 10.2. The van der Waals surface area contributed by atoms with Crippen molar-refractivity contribution in [2.24, 2.45) is 0 Å². The molecule has 0 radical (unpaired) electrons. The number of nitrogen functional groups attached to an aromatic ring is 1. The first-order valence-corrected chi connectivity index (χ1v) is 3.91. The van der Waals surface area contributed by atoms with Gasteiger partial charge in [0.05, 0.1) is 17.8 Å². The van der Waals surface area contributed by atoms with E-state index in [1.54, 1.807) is 0 Å². The van der Waals surface area contributed by atoms with E-state index in [1.165, 1.54) is 0 Å². The molecule has 0 bridgehead atoms. The number of nitrogens with zero attached hydrogens (tertiary/aromatic N) is 1. The molecule has 0 aliphatic carbocycles. The molecule has 0 fully saturated rings. The summed E-state index contributed by atoms with van der Waals surface area (Å²) in [6.45, 7) is 0. The summed E-state index contributed by atoms with van der Waals surface area (Å²) in [5, 5.41) is 9.05. The van der Waals surface area contributed by atoms with Crippen molar-refractivity contribution >= 4 is 17.3 Å². The quantitative estimate of drug-likeness (QED) is 0.732. The van der Waals surface area contributed by atoms with Crippen LogP contribution in [-0.4, -0.2) is 10.1 Å². The van der Waals surface area contributed by atoms with Crippen LogP contribution >= 0.6 is 11.6 Å². The molecule has 0 aliphatic heterocycles. The van der Waals surface area contributed by atoms with Crippen molar-refractivity contribution < 1.29 is 13.9 Å². The molecule has 13 heavy (non-hydrogen) atoms. The van der Waals surface area contributed by atoms with E-state index in [4.69, 9.17) is 22.4 Å². The Bertz CT molecular complexity index is 320. The molecule has 0 unspecified atom stereocenters. The zero-order valence-corrected chi connectivity index (χ0v) is 7.22. The Balaban J connectivity index is 3.30. The largest absolute Gasteiger partial charge is 0.504 e. The van der Waals surface area contributed by atoms with Gasteiger partial charge < -0.3 is 10.8 Å². The van der Waals surface area contributed by atoms with E-state index >= 15 is 0 Å². The monoisotopic (exact) mass is 208 g/mol. The summed E-state index contributed by atoms with van der Waals surface area (Å²) in [5.74, 6) is -0.535. The number of hydrogen-bond donors (Lipinski definition) is 2. The summed E-state index contributed by atoms with van der Waals surface area (Å²) in [6.07, 6.45) is -1.86. The highest BCUT2D eigenvalue weighted by Crippen LogP contribution is 2.31. The molecule has 0 aliphatic rings. The minimum absolute atomic E-state index is 0.0170. The average Bonchev–Trinajstić information content (AvgIpc) is 2.09. The molecule has 0 saturated carbocycles. The van der Waals surface area contributed by atoms with E-state index < -0.39 is 12.1 Å². The molecular weight excluding hydrogens is 202 g/mol. The van der Waals surface area contributed by atoms with Gasteiger partial charge in [0.25, 0.3) is 6.43 Å². The van der Waals surface area contributed by atoms with Crippen LogP contribution in [0.15, 0.2) is 6.20 Å². The number of alkyl halides is 3. The minimum Gasteiger partial charge on any atom is -0.504 e. The molecule has 1 aromatic heterocycles. The highest BCUT2D eigenvalue weighted by molar-refractivity contribution is 6.17. The van der Waals surface area contributed by atoms with Crippen LogP contribution in [0.1, 0.15) is 17.7 Å². The average molecular weight is 209 g/mol. The predicted molar refractivity (Wildman–Crippen MR) is 44.8 cm³/mol. The number of hydrogen-bond acceptors (Lipinski definition) is 3. The van der Waals surface area contributed by atoms with Gasteiger partial charge in [-0.2, -0.15) is 0 Å². The maximum atomic E-state index is 12.3. The van der Waals surface area contributed by atoms with Crippen molar-refractivity contribution in [3.8, 4) is 5.75 Å². The van der Waals surface area contributed by atoms with Crippen LogP contribution < -0.4 is 5.73 Å². The van der Waals surface area contributed by atoms with Gasteiger partial charge >= 0.3 is 0 Å². The molecule has 0 amide bonds. The summed E-state index contributed by atoms with van der Waals surface area (Å²) >= 11 is 5.39.